The molecule has 98 valence electrons. The molecule has 1 amide bonds. The van der Waals surface area contributed by atoms with Gasteiger partial charge in [-0.2, -0.15) is 0 Å². The van der Waals surface area contributed by atoms with Gasteiger partial charge in [-0.15, -0.1) is 0 Å². The fourth-order valence-corrected chi connectivity index (χ4v) is 2.26. The van der Waals surface area contributed by atoms with Crippen molar-refractivity contribution in [2.45, 2.75) is 32.2 Å². The molecule has 0 spiro atoms. The van der Waals surface area contributed by atoms with Crippen molar-refractivity contribution in [3.63, 3.8) is 0 Å². The fraction of sp³-hybridized carbons (Fsp3) is 0.538. The number of piperidine rings is 1. The van der Waals surface area contributed by atoms with Crippen LogP contribution in [0.3, 0.4) is 0 Å². The lowest BCUT2D eigenvalue weighted by atomic mass is 9.90. The molecule has 0 aromatic carbocycles. The van der Waals surface area contributed by atoms with Crippen LogP contribution in [0.5, 0.6) is 0 Å². The van der Waals surface area contributed by atoms with Crippen LogP contribution < -0.4 is 10.6 Å². The van der Waals surface area contributed by atoms with Crippen molar-refractivity contribution in [1.82, 2.24) is 10.3 Å². The lowest BCUT2D eigenvalue weighted by molar-refractivity contribution is -0.119. The third kappa shape index (κ3) is 3.04. The van der Waals surface area contributed by atoms with Crippen molar-refractivity contribution in [2.24, 2.45) is 5.92 Å². The van der Waals surface area contributed by atoms with E-state index < -0.39 is 5.82 Å². The van der Waals surface area contributed by atoms with Crippen LogP contribution in [0, 0.1) is 11.7 Å². The first-order chi connectivity index (χ1) is 8.70. The van der Waals surface area contributed by atoms with E-state index in [4.69, 9.17) is 0 Å². The maximum absolute atomic E-state index is 13.4. The molecule has 1 aromatic rings. The number of amides is 1. The summed E-state index contributed by atoms with van der Waals surface area (Å²) in [6, 6.07) is 1.24. The van der Waals surface area contributed by atoms with Gasteiger partial charge in [-0.3, -0.25) is 9.78 Å². The van der Waals surface area contributed by atoms with E-state index in [1.807, 2.05) is 0 Å². The number of carbonyl (C=O) groups excluding carboxylic acids is 1. The molecule has 1 aliphatic heterocycles. The number of carbonyl (C=O) groups is 1. The number of rotatable bonds is 3. The van der Waals surface area contributed by atoms with Gasteiger partial charge in [0.15, 0.2) is 5.82 Å². The number of pyridine rings is 1. The topological polar surface area (TPSA) is 54.0 Å². The predicted octanol–water partition coefficient (Wildman–Crippen LogP) is 1.94. The van der Waals surface area contributed by atoms with Crippen LogP contribution in [0.25, 0.3) is 0 Å². The number of nitrogens with one attached hydrogen (secondary N) is 2. The zero-order valence-electron chi connectivity index (χ0n) is 10.4. The standard InChI is InChI=1S/C13H18FN3O/c1-2-9-3-6-16-12(7-9)13(18)17-11-4-5-15-8-10(11)14/h4-5,8-9,12,16H,2-3,6-7H2,1H3,(H,15,17,18). The molecule has 2 rings (SSSR count). The van der Waals surface area contributed by atoms with Crippen molar-refractivity contribution >= 4 is 11.6 Å². The van der Waals surface area contributed by atoms with Gasteiger partial charge in [0, 0.05) is 6.20 Å². The Hall–Kier alpha value is -1.49. The summed E-state index contributed by atoms with van der Waals surface area (Å²) >= 11 is 0. The molecule has 0 saturated carbocycles. The molecule has 4 nitrogen and oxygen atoms in total. The molecular weight excluding hydrogens is 233 g/mol. The minimum Gasteiger partial charge on any atom is -0.322 e. The number of nitrogens with zero attached hydrogens (tertiary/aromatic N) is 1. The molecule has 0 aliphatic carbocycles. The molecule has 1 saturated heterocycles. The average molecular weight is 251 g/mol. The molecule has 5 heteroatoms. The molecule has 2 unspecified atom stereocenters. The molecule has 0 radical (unpaired) electrons. The number of anilines is 1. The molecule has 2 heterocycles. The van der Waals surface area contributed by atoms with Gasteiger partial charge < -0.3 is 10.6 Å². The highest BCUT2D eigenvalue weighted by Crippen LogP contribution is 2.20. The maximum Gasteiger partial charge on any atom is 0.241 e. The highest BCUT2D eigenvalue weighted by atomic mass is 19.1. The lowest BCUT2D eigenvalue weighted by Crippen LogP contribution is -2.46. The molecule has 1 fully saturated rings. The molecule has 2 atom stereocenters. The third-order valence-electron chi connectivity index (χ3n) is 3.44. The summed E-state index contributed by atoms with van der Waals surface area (Å²) in [5.74, 6) is -0.101. The monoisotopic (exact) mass is 251 g/mol. The normalized spacial score (nSPS) is 23.7. The zero-order chi connectivity index (χ0) is 13.0. The SMILES string of the molecule is CCC1CCNC(C(=O)Nc2ccncc2F)C1. The fourth-order valence-electron chi connectivity index (χ4n) is 2.26. The van der Waals surface area contributed by atoms with Crippen molar-refractivity contribution < 1.29 is 9.18 Å². The summed E-state index contributed by atoms with van der Waals surface area (Å²) in [6.45, 7) is 2.98. The van der Waals surface area contributed by atoms with Gasteiger partial charge in [0.25, 0.3) is 0 Å². The van der Waals surface area contributed by atoms with E-state index in [1.165, 1.54) is 12.3 Å². The molecule has 1 aromatic heterocycles. The Morgan fingerprint density at radius 3 is 3.22 bits per heavy atom. The van der Waals surface area contributed by atoms with Gasteiger partial charge in [-0.25, -0.2) is 4.39 Å². The summed E-state index contributed by atoms with van der Waals surface area (Å²) in [4.78, 5) is 15.7. The Balaban J connectivity index is 1.97. The zero-order valence-corrected chi connectivity index (χ0v) is 10.4. The quantitative estimate of drug-likeness (QED) is 0.863. The number of hydrogen-bond donors (Lipinski definition) is 2. The Bertz CT molecular complexity index is 424. The minimum atomic E-state index is -0.506. The maximum atomic E-state index is 13.4. The van der Waals surface area contributed by atoms with Crippen LogP contribution in [0.15, 0.2) is 18.5 Å². The van der Waals surface area contributed by atoms with Crippen molar-refractivity contribution in [3.05, 3.63) is 24.3 Å². The van der Waals surface area contributed by atoms with Gasteiger partial charge in [-0.1, -0.05) is 13.3 Å². The van der Waals surface area contributed by atoms with Gasteiger partial charge >= 0.3 is 0 Å². The highest BCUT2D eigenvalue weighted by molar-refractivity contribution is 5.94. The molecule has 18 heavy (non-hydrogen) atoms. The third-order valence-corrected chi connectivity index (χ3v) is 3.44. The summed E-state index contributed by atoms with van der Waals surface area (Å²) in [5.41, 5.74) is 0.190. The molecular formula is C13H18FN3O. The Kier molecular flexibility index (Phi) is 4.25. The van der Waals surface area contributed by atoms with E-state index in [-0.39, 0.29) is 17.6 Å². The van der Waals surface area contributed by atoms with Gasteiger partial charge in [0.05, 0.1) is 17.9 Å². The lowest BCUT2D eigenvalue weighted by Gasteiger charge is -2.28. The van der Waals surface area contributed by atoms with Crippen LogP contribution in [-0.2, 0) is 4.79 Å². The number of halogens is 1. The van der Waals surface area contributed by atoms with E-state index in [0.717, 1.165) is 32.0 Å². The Morgan fingerprint density at radius 2 is 2.50 bits per heavy atom. The number of aromatic nitrogens is 1. The summed E-state index contributed by atoms with van der Waals surface area (Å²) < 4.78 is 13.4. The van der Waals surface area contributed by atoms with E-state index in [0.29, 0.717) is 5.92 Å². The second kappa shape index (κ2) is 5.91. The number of hydrogen-bond acceptors (Lipinski definition) is 3. The van der Waals surface area contributed by atoms with Crippen LogP contribution in [0.1, 0.15) is 26.2 Å². The van der Waals surface area contributed by atoms with E-state index in [9.17, 15) is 9.18 Å². The Morgan fingerprint density at radius 1 is 1.67 bits per heavy atom. The van der Waals surface area contributed by atoms with Crippen molar-refractivity contribution in [1.29, 1.82) is 0 Å². The second-order valence-electron chi connectivity index (χ2n) is 4.65. The predicted molar refractivity (Wildman–Crippen MR) is 67.6 cm³/mol. The largest absolute Gasteiger partial charge is 0.322 e. The van der Waals surface area contributed by atoms with Gasteiger partial charge in [0.1, 0.15) is 0 Å². The van der Waals surface area contributed by atoms with Crippen LogP contribution in [-0.4, -0.2) is 23.5 Å². The van der Waals surface area contributed by atoms with Crippen LogP contribution >= 0.6 is 0 Å². The van der Waals surface area contributed by atoms with Crippen LogP contribution in [0.2, 0.25) is 0 Å². The van der Waals surface area contributed by atoms with Crippen molar-refractivity contribution in [2.75, 3.05) is 11.9 Å². The van der Waals surface area contributed by atoms with Crippen molar-refractivity contribution in [3.8, 4) is 0 Å². The van der Waals surface area contributed by atoms with Crippen LogP contribution in [0.4, 0.5) is 10.1 Å². The average Bonchev–Trinajstić information content (AvgIpc) is 2.41. The second-order valence-corrected chi connectivity index (χ2v) is 4.65. The molecule has 0 bridgehead atoms. The highest BCUT2D eigenvalue weighted by Gasteiger charge is 2.26. The van der Waals surface area contributed by atoms with E-state index in [1.54, 1.807) is 0 Å². The van der Waals surface area contributed by atoms with Gasteiger partial charge in [-0.05, 0) is 31.4 Å². The van der Waals surface area contributed by atoms with Gasteiger partial charge in [0.2, 0.25) is 5.91 Å². The first kappa shape index (κ1) is 13.0. The smallest absolute Gasteiger partial charge is 0.241 e. The van der Waals surface area contributed by atoms with E-state index in [2.05, 4.69) is 22.5 Å². The summed E-state index contributed by atoms with van der Waals surface area (Å²) in [5, 5.41) is 5.78. The first-order valence-corrected chi connectivity index (χ1v) is 6.34. The van der Waals surface area contributed by atoms with E-state index >= 15 is 0 Å². The Labute approximate surface area is 106 Å². The molecule has 1 aliphatic rings. The summed E-state index contributed by atoms with van der Waals surface area (Å²) in [7, 11) is 0. The first-order valence-electron chi connectivity index (χ1n) is 6.34. The minimum absolute atomic E-state index is 0.168. The molecule has 2 N–H and O–H groups in total. The summed E-state index contributed by atoms with van der Waals surface area (Å²) in [6.07, 6.45) is 5.55.